The second kappa shape index (κ2) is 6.75. The summed E-state index contributed by atoms with van der Waals surface area (Å²) in [7, 11) is 0. The van der Waals surface area contributed by atoms with E-state index in [0.29, 0.717) is 0 Å². The van der Waals surface area contributed by atoms with Gasteiger partial charge in [0.2, 0.25) is 0 Å². The summed E-state index contributed by atoms with van der Waals surface area (Å²) in [6.45, 7) is 4.70. The Morgan fingerprint density at radius 3 is 1.00 bits per heavy atom. The van der Waals surface area contributed by atoms with Crippen molar-refractivity contribution in [3.63, 3.8) is 0 Å². The lowest BCUT2D eigenvalue weighted by Gasteiger charge is -2.53. The zero-order valence-corrected chi connectivity index (χ0v) is 18.0. The Morgan fingerprint density at radius 1 is 0.452 bits per heavy atom. The minimum Gasteiger partial charge on any atom is -0.318 e. The minimum atomic E-state index is -0.320. The van der Waals surface area contributed by atoms with Gasteiger partial charge in [-0.3, -0.25) is 0 Å². The van der Waals surface area contributed by atoms with Gasteiger partial charge in [0.1, 0.15) is 5.66 Å². The topological polar surface area (TPSA) is 6.48 Å². The van der Waals surface area contributed by atoms with Crippen molar-refractivity contribution in [2.75, 3.05) is 9.80 Å². The second-order valence-corrected chi connectivity index (χ2v) is 9.03. The molecule has 4 aromatic rings. The summed E-state index contributed by atoms with van der Waals surface area (Å²) >= 11 is 0. The van der Waals surface area contributed by atoms with Gasteiger partial charge in [0.05, 0.1) is 0 Å². The third-order valence-electron chi connectivity index (χ3n) is 6.79. The number of benzene rings is 4. The van der Waals surface area contributed by atoms with Gasteiger partial charge in [0.15, 0.2) is 0 Å². The molecule has 2 aliphatic heterocycles. The number of hydrogen-bond donors (Lipinski definition) is 0. The first-order valence-corrected chi connectivity index (χ1v) is 11.1. The van der Waals surface area contributed by atoms with Crippen LogP contribution in [0.3, 0.4) is 0 Å². The van der Waals surface area contributed by atoms with Gasteiger partial charge in [-0.05, 0) is 60.4 Å². The van der Waals surface area contributed by atoms with Crippen molar-refractivity contribution in [3.05, 3.63) is 119 Å². The lowest BCUT2D eigenvalue weighted by molar-refractivity contribution is 0.505. The van der Waals surface area contributed by atoms with Crippen LogP contribution in [0, 0.1) is 0 Å². The van der Waals surface area contributed by atoms with Crippen LogP contribution in [0.15, 0.2) is 97.1 Å². The van der Waals surface area contributed by atoms with Crippen molar-refractivity contribution in [1.29, 1.82) is 0 Å². The summed E-state index contributed by atoms with van der Waals surface area (Å²) < 4.78 is 0. The molecule has 6 rings (SSSR count). The first kappa shape index (κ1) is 18.3. The van der Waals surface area contributed by atoms with Crippen molar-refractivity contribution in [1.82, 2.24) is 0 Å². The second-order valence-electron chi connectivity index (χ2n) is 9.03. The predicted molar refractivity (Wildman–Crippen MR) is 130 cm³/mol. The van der Waals surface area contributed by atoms with E-state index >= 15 is 0 Å². The van der Waals surface area contributed by atoms with Gasteiger partial charge in [-0.25, -0.2) is 0 Å². The van der Waals surface area contributed by atoms with Gasteiger partial charge in [-0.2, -0.15) is 0 Å². The molecule has 0 bridgehead atoms. The molecule has 31 heavy (non-hydrogen) atoms. The molecule has 2 aliphatic rings. The number of nitrogens with zero attached hydrogens (tertiary/aromatic N) is 2. The van der Waals surface area contributed by atoms with Crippen LogP contribution >= 0.6 is 0 Å². The number of para-hydroxylation sites is 4. The van der Waals surface area contributed by atoms with Crippen molar-refractivity contribution >= 4 is 22.7 Å². The Kier molecular flexibility index (Phi) is 3.97. The van der Waals surface area contributed by atoms with E-state index in [-0.39, 0.29) is 5.66 Å². The van der Waals surface area contributed by atoms with E-state index in [1.54, 1.807) is 0 Å². The lowest BCUT2D eigenvalue weighted by Crippen LogP contribution is -2.55. The van der Waals surface area contributed by atoms with Gasteiger partial charge in [-0.1, -0.05) is 72.8 Å². The standard InChI is InChI=1S/C29H26N2/c1-29(2,30-25-15-7-3-11-21(25)19-22-12-4-8-16-26(22)30)31-27-17-9-5-13-23(27)20-24-14-6-10-18-28(24)31/h3-18H,19-20H2,1-2H3. The van der Waals surface area contributed by atoms with E-state index in [0.717, 1.165) is 12.8 Å². The highest BCUT2D eigenvalue weighted by molar-refractivity contribution is 5.82. The van der Waals surface area contributed by atoms with Crippen LogP contribution in [0.1, 0.15) is 36.1 Å². The summed E-state index contributed by atoms with van der Waals surface area (Å²) in [6.07, 6.45) is 1.96. The average molecular weight is 403 g/mol. The smallest absolute Gasteiger partial charge is 0.116 e. The van der Waals surface area contributed by atoms with Gasteiger partial charge in [0.25, 0.3) is 0 Å². The van der Waals surface area contributed by atoms with E-state index < -0.39 is 0 Å². The van der Waals surface area contributed by atoms with E-state index in [4.69, 9.17) is 0 Å². The van der Waals surface area contributed by atoms with Crippen LogP contribution in [0.5, 0.6) is 0 Å². The van der Waals surface area contributed by atoms with Gasteiger partial charge < -0.3 is 9.80 Å². The maximum atomic E-state index is 2.54. The fraction of sp³-hybridized carbons (Fsp3) is 0.172. The Labute approximate surface area is 184 Å². The molecule has 0 saturated heterocycles. The average Bonchev–Trinajstić information content (AvgIpc) is 2.80. The predicted octanol–water partition coefficient (Wildman–Crippen LogP) is 7.21. The molecule has 0 atom stereocenters. The van der Waals surface area contributed by atoms with E-state index in [1.807, 2.05) is 0 Å². The molecule has 4 aromatic carbocycles. The quantitative estimate of drug-likeness (QED) is 0.349. The Morgan fingerprint density at radius 2 is 0.710 bits per heavy atom. The SMILES string of the molecule is CC(C)(N1c2ccccc2Cc2ccccc21)N1c2ccccc2Cc2ccccc21. The number of rotatable bonds is 2. The Balaban J connectivity index is 1.61. The highest BCUT2D eigenvalue weighted by Crippen LogP contribution is 2.49. The van der Waals surface area contributed by atoms with Crippen LogP contribution in [0.2, 0.25) is 0 Å². The van der Waals surface area contributed by atoms with Crippen LogP contribution in [-0.4, -0.2) is 5.66 Å². The molecule has 0 radical (unpaired) electrons. The van der Waals surface area contributed by atoms with Crippen molar-refractivity contribution in [3.8, 4) is 0 Å². The molecular weight excluding hydrogens is 376 g/mol. The lowest BCUT2D eigenvalue weighted by atomic mass is 9.89. The van der Waals surface area contributed by atoms with E-state index in [9.17, 15) is 0 Å². The summed E-state index contributed by atoms with van der Waals surface area (Å²) in [5, 5.41) is 0. The molecule has 0 aromatic heterocycles. The van der Waals surface area contributed by atoms with E-state index in [2.05, 4.69) is 121 Å². The highest BCUT2D eigenvalue weighted by atomic mass is 15.4. The summed E-state index contributed by atoms with van der Waals surface area (Å²) in [5.74, 6) is 0. The number of anilines is 4. The maximum Gasteiger partial charge on any atom is 0.116 e. The van der Waals surface area contributed by atoms with Crippen molar-refractivity contribution in [2.45, 2.75) is 32.4 Å². The molecule has 0 spiro atoms. The van der Waals surface area contributed by atoms with Gasteiger partial charge in [-0.15, -0.1) is 0 Å². The highest BCUT2D eigenvalue weighted by Gasteiger charge is 2.41. The summed E-state index contributed by atoms with van der Waals surface area (Å²) in [6, 6.07) is 35.4. The molecule has 2 heteroatoms. The molecule has 0 aliphatic carbocycles. The molecular formula is C29H26N2. The minimum absolute atomic E-state index is 0.320. The monoisotopic (exact) mass is 402 g/mol. The Hall–Kier alpha value is -3.52. The van der Waals surface area contributed by atoms with Crippen LogP contribution in [-0.2, 0) is 12.8 Å². The number of hydrogen-bond acceptors (Lipinski definition) is 2. The first-order chi connectivity index (χ1) is 15.1. The fourth-order valence-corrected chi connectivity index (χ4v) is 5.46. The molecule has 0 saturated carbocycles. The molecule has 2 heterocycles. The largest absolute Gasteiger partial charge is 0.318 e. The van der Waals surface area contributed by atoms with Gasteiger partial charge >= 0.3 is 0 Å². The number of fused-ring (bicyclic) bond motifs is 4. The summed E-state index contributed by atoms with van der Waals surface area (Å²) in [4.78, 5) is 5.08. The van der Waals surface area contributed by atoms with E-state index in [1.165, 1.54) is 45.0 Å². The zero-order valence-electron chi connectivity index (χ0n) is 18.0. The normalized spacial score (nSPS) is 14.4. The van der Waals surface area contributed by atoms with Crippen LogP contribution in [0.25, 0.3) is 0 Å². The zero-order chi connectivity index (χ0) is 21.0. The fourth-order valence-electron chi connectivity index (χ4n) is 5.46. The maximum absolute atomic E-state index is 2.54. The van der Waals surface area contributed by atoms with Crippen LogP contribution < -0.4 is 9.80 Å². The molecule has 152 valence electrons. The first-order valence-electron chi connectivity index (χ1n) is 11.1. The molecule has 0 N–H and O–H groups in total. The van der Waals surface area contributed by atoms with Crippen molar-refractivity contribution in [2.24, 2.45) is 0 Å². The van der Waals surface area contributed by atoms with Crippen molar-refractivity contribution < 1.29 is 0 Å². The third-order valence-corrected chi connectivity index (χ3v) is 6.79. The molecule has 2 nitrogen and oxygen atoms in total. The third kappa shape index (κ3) is 2.71. The molecule has 0 amide bonds. The van der Waals surface area contributed by atoms with Gasteiger partial charge in [0, 0.05) is 35.6 Å². The summed E-state index contributed by atoms with van der Waals surface area (Å²) in [5.41, 5.74) is 10.4. The molecule has 0 unspecified atom stereocenters. The van der Waals surface area contributed by atoms with Crippen LogP contribution in [0.4, 0.5) is 22.7 Å². The Bertz CT molecular complexity index is 1100. The molecule has 0 fully saturated rings.